The summed E-state index contributed by atoms with van der Waals surface area (Å²) < 4.78 is 7.17. The number of amides is 1. The number of benzene rings is 2. The Bertz CT molecular complexity index is 917. The minimum atomic E-state index is -0.754. The van der Waals surface area contributed by atoms with Crippen LogP contribution in [0.4, 0.5) is 5.69 Å². The molecule has 0 radical (unpaired) electrons. The van der Waals surface area contributed by atoms with Crippen LogP contribution in [0.5, 0.6) is 5.75 Å². The lowest BCUT2D eigenvalue weighted by Crippen LogP contribution is -2.30. The van der Waals surface area contributed by atoms with Gasteiger partial charge >= 0.3 is 0 Å². The van der Waals surface area contributed by atoms with Gasteiger partial charge < -0.3 is 10.1 Å². The molecule has 0 aliphatic heterocycles. The van der Waals surface area contributed by atoms with Crippen LogP contribution in [0.1, 0.15) is 12.5 Å². The van der Waals surface area contributed by atoms with Gasteiger partial charge in [-0.3, -0.25) is 4.79 Å². The molecule has 8 heteroatoms. The molecule has 0 spiro atoms. The minimum absolute atomic E-state index is 0.351. The van der Waals surface area contributed by atoms with Crippen LogP contribution < -0.4 is 10.1 Å². The molecule has 8 nitrogen and oxygen atoms in total. The first-order valence-corrected chi connectivity index (χ1v) is 7.47. The minimum Gasteiger partial charge on any atom is -0.481 e. The maximum Gasteiger partial charge on any atom is 0.265 e. The Morgan fingerprint density at radius 2 is 2.12 bits per heavy atom. The number of carbonyl (C=O) groups excluding carboxylic acids is 1. The number of anilines is 1. The second-order valence-corrected chi connectivity index (χ2v) is 5.16. The number of nitrogens with one attached hydrogen (secondary N) is 1. The average molecular weight is 334 g/mol. The largest absolute Gasteiger partial charge is 0.481 e. The van der Waals surface area contributed by atoms with Crippen molar-refractivity contribution >= 4 is 11.6 Å². The van der Waals surface area contributed by atoms with E-state index >= 15 is 0 Å². The Morgan fingerprint density at radius 1 is 1.28 bits per heavy atom. The highest BCUT2D eigenvalue weighted by Gasteiger charge is 2.16. The van der Waals surface area contributed by atoms with E-state index in [0.29, 0.717) is 22.7 Å². The first kappa shape index (κ1) is 16.1. The SMILES string of the molecule is C[C@@H](Oc1cccc(-n2cnnn2)c1)C(=O)Nc1ccccc1C#N. The predicted molar refractivity (Wildman–Crippen MR) is 89.0 cm³/mol. The van der Waals surface area contributed by atoms with Crippen LogP contribution in [0.2, 0.25) is 0 Å². The summed E-state index contributed by atoms with van der Waals surface area (Å²) in [4.78, 5) is 12.3. The van der Waals surface area contributed by atoms with E-state index < -0.39 is 6.10 Å². The van der Waals surface area contributed by atoms with Crippen LogP contribution in [0.25, 0.3) is 5.69 Å². The van der Waals surface area contributed by atoms with Crippen LogP contribution in [0, 0.1) is 11.3 Å². The summed E-state index contributed by atoms with van der Waals surface area (Å²) in [7, 11) is 0. The van der Waals surface area contributed by atoms with Gasteiger partial charge in [-0.1, -0.05) is 18.2 Å². The highest BCUT2D eigenvalue weighted by molar-refractivity contribution is 5.95. The van der Waals surface area contributed by atoms with Crippen molar-refractivity contribution in [1.82, 2.24) is 20.2 Å². The van der Waals surface area contributed by atoms with Crippen molar-refractivity contribution in [3.8, 4) is 17.5 Å². The van der Waals surface area contributed by atoms with Crippen LogP contribution in [-0.4, -0.2) is 32.2 Å². The molecule has 3 aromatic rings. The van der Waals surface area contributed by atoms with Crippen LogP contribution >= 0.6 is 0 Å². The summed E-state index contributed by atoms with van der Waals surface area (Å²) in [5.41, 5.74) is 1.56. The summed E-state index contributed by atoms with van der Waals surface area (Å²) in [6.45, 7) is 1.63. The number of hydrogen-bond donors (Lipinski definition) is 1. The molecule has 1 aromatic heterocycles. The number of tetrazole rings is 1. The van der Waals surface area contributed by atoms with Gasteiger partial charge in [0.15, 0.2) is 6.10 Å². The monoisotopic (exact) mass is 334 g/mol. The maximum absolute atomic E-state index is 12.3. The lowest BCUT2D eigenvalue weighted by atomic mass is 10.2. The van der Waals surface area contributed by atoms with Crippen molar-refractivity contribution in [2.45, 2.75) is 13.0 Å². The van der Waals surface area contributed by atoms with Gasteiger partial charge in [-0.05, 0) is 41.6 Å². The third-order valence-electron chi connectivity index (χ3n) is 3.42. The van der Waals surface area contributed by atoms with E-state index in [1.54, 1.807) is 49.4 Å². The number of rotatable bonds is 5. The Kier molecular flexibility index (Phi) is 4.67. The Labute approximate surface area is 143 Å². The van der Waals surface area contributed by atoms with E-state index in [0.717, 1.165) is 0 Å². The fraction of sp³-hybridized carbons (Fsp3) is 0.118. The number of para-hydroxylation sites is 1. The van der Waals surface area contributed by atoms with Crippen molar-refractivity contribution in [3.63, 3.8) is 0 Å². The molecule has 0 unspecified atom stereocenters. The summed E-state index contributed by atoms with van der Waals surface area (Å²) in [6, 6.07) is 15.9. The van der Waals surface area contributed by atoms with Gasteiger partial charge in [-0.15, -0.1) is 5.10 Å². The standard InChI is InChI=1S/C17H14N6O2/c1-12(17(24)20-16-8-3-2-5-13(16)10-18)25-15-7-4-6-14(9-15)23-11-19-21-22-23/h2-9,11-12H,1H3,(H,20,24)/t12-/m1/s1. The molecule has 25 heavy (non-hydrogen) atoms. The summed E-state index contributed by atoms with van der Waals surface area (Å²) in [5.74, 6) is 0.153. The normalized spacial score (nSPS) is 11.4. The molecule has 0 aliphatic rings. The van der Waals surface area contributed by atoms with Gasteiger partial charge in [0, 0.05) is 6.07 Å². The highest BCUT2D eigenvalue weighted by Crippen LogP contribution is 2.18. The van der Waals surface area contributed by atoms with Crippen LogP contribution in [-0.2, 0) is 4.79 Å². The molecule has 1 heterocycles. The lowest BCUT2D eigenvalue weighted by Gasteiger charge is -2.15. The fourth-order valence-electron chi connectivity index (χ4n) is 2.16. The number of carbonyl (C=O) groups is 1. The molecule has 0 bridgehead atoms. The highest BCUT2D eigenvalue weighted by atomic mass is 16.5. The molecule has 3 rings (SSSR count). The fourth-order valence-corrected chi connectivity index (χ4v) is 2.16. The first-order valence-electron chi connectivity index (χ1n) is 7.47. The van der Waals surface area contributed by atoms with E-state index in [-0.39, 0.29) is 5.91 Å². The maximum atomic E-state index is 12.3. The topological polar surface area (TPSA) is 106 Å². The van der Waals surface area contributed by atoms with Crippen molar-refractivity contribution in [2.75, 3.05) is 5.32 Å². The molecule has 0 saturated heterocycles. The number of aromatic nitrogens is 4. The van der Waals surface area contributed by atoms with Crippen molar-refractivity contribution < 1.29 is 9.53 Å². The van der Waals surface area contributed by atoms with Gasteiger partial charge in [-0.2, -0.15) is 5.26 Å². The van der Waals surface area contributed by atoms with E-state index in [9.17, 15) is 4.79 Å². The zero-order valence-corrected chi connectivity index (χ0v) is 13.3. The van der Waals surface area contributed by atoms with Crippen molar-refractivity contribution in [3.05, 3.63) is 60.4 Å². The summed E-state index contributed by atoms with van der Waals surface area (Å²) in [6.07, 6.45) is 0.713. The second kappa shape index (κ2) is 7.23. The summed E-state index contributed by atoms with van der Waals surface area (Å²) in [5, 5.41) is 22.7. The van der Waals surface area contributed by atoms with E-state index in [1.165, 1.54) is 11.0 Å². The Balaban J connectivity index is 1.70. The Morgan fingerprint density at radius 3 is 2.88 bits per heavy atom. The quantitative estimate of drug-likeness (QED) is 0.764. The molecule has 2 aromatic carbocycles. The third-order valence-corrected chi connectivity index (χ3v) is 3.42. The van der Waals surface area contributed by atoms with Crippen molar-refractivity contribution in [2.24, 2.45) is 0 Å². The van der Waals surface area contributed by atoms with Gasteiger partial charge in [0.2, 0.25) is 0 Å². The number of nitriles is 1. The molecule has 124 valence electrons. The Hall–Kier alpha value is -3.73. The molecular weight excluding hydrogens is 320 g/mol. The number of nitrogens with zero attached hydrogens (tertiary/aromatic N) is 5. The second-order valence-electron chi connectivity index (χ2n) is 5.16. The number of hydrogen-bond acceptors (Lipinski definition) is 6. The number of ether oxygens (including phenoxy) is 1. The van der Waals surface area contributed by atoms with Gasteiger partial charge in [0.05, 0.1) is 16.9 Å². The molecule has 0 saturated carbocycles. The lowest BCUT2D eigenvalue weighted by molar-refractivity contribution is -0.122. The average Bonchev–Trinajstić information content (AvgIpc) is 3.17. The molecule has 0 aliphatic carbocycles. The molecule has 1 amide bonds. The molecule has 0 fully saturated rings. The molecule has 1 atom stereocenters. The van der Waals surface area contributed by atoms with Gasteiger partial charge in [0.1, 0.15) is 18.1 Å². The van der Waals surface area contributed by atoms with Crippen LogP contribution in [0.3, 0.4) is 0 Å². The van der Waals surface area contributed by atoms with E-state index in [1.807, 2.05) is 12.1 Å². The summed E-state index contributed by atoms with van der Waals surface area (Å²) >= 11 is 0. The van der Waals surface area contributed by atoms with Crippen molar-refractivity contribution in [1.29, 1.82) is 5.26 Å². The third kappa shape index (κ3) is 3.79. The molecular formula is C17H14N6O2. The van der Waals surface area contributed by atoms with E-state index in [2.05, 4.69) is 20.8 Å². The van der Waals surface area contributed by atoms with Gasteiger partial charge in [-0.25, -0.2) is 4.68 Å². The van der Waals surface area contributed by atoms with E-state index in [4.69, 9.17) is 10.00 Å². The van der Waals surface area contributed by atoms with Gasteiger partial charge in [0.25, 0.3) is 5.91 Å². The zero-order valence-electron chi connectivity index (χ0n) is 13.3. The first-order chi connectivity index (χ1) is 12.2. The smallest absolute Gasteiger partial charge is 0.265 e. The zero-order chi connectivity index (χ0) is 17.6. The van der Waals surface area contributed by atoms with Crippen LogP contribution in [0.15, 0.2) is 54.9 Å². The molecule has 1 N–H and O–H groups in total. The predicted octanol–water partition coefficient (Wildman–Crippen LogP) is 1.94.